The second-order valence-electron chi connectivity index (χ2n) is 5.58. The van der Waals surface area contributed by atoms with Gasteiger partial charge in [0.05, 0.1) is 12.3 Å². The zero-order chi connectivity index (χ0) is 19.2. The Balaban J connectivity index is 1.89. The summed E-state index contributed by atoms with van der Waals surface area (Å²) in [6, 6.07) is 18.3. The minimum atomic E-state index is -0.525. The molecule has 138 valence electrons. The van der Waals surface area contributed by atoms with E-state index in [9.17, 15) is 9.59 Å². The Morgan fingerprint density at radius 3 is 2.41 bits per heavy atom. The van der Waals surface area contributed by atoms with Crippen LogP contribution in [0.5, 0.6) is 5.75 Å². The molecule has 3 aromatic rings. The van der Waals surface area contributed by atoms with Gasteiger partial charge >= 0.3 is 11.9 Å². The van der Waals surface area contributed by atoms with Crippen LogP contribution in [0.1, 0.15) is 27.0 Å². The molecule has 3 rings (SSSR count). The summed E-state index contributed by atoms with van der Waals surface area (Å²) >= 11 is 1.34. The Hall–Kier alpha value is -3.12. The highest BCUT2D eigenvalue weighted by Gasteiger charge is 2.21. The van der Waals surface area contributed by atoms with Crippen molar-refractivity contribution in [3.05, 3.63) is 71.1 Å². The monoisotopic (exact) mass is 381 g/mol. The number of benzene rings is 2. The maximum absolute atomic E-state index is 12.8. The highest BCUT2D eigenvalue weighted by Crippen LogP contribution is 2.35. The van der Waals surface area contributed by atoms with Gasteiger partial charge in [-0.3, -0.25) is 0 Å². The van der Waals surface area contributed by atoms with Crippen LogP contribution in [-0.4, -0.2) is 25.6 Å². The predicted octanol–water partition coefficient (Wildman–Crippen LogP) is 4.85. The molecule has 1 N–H and O–H groups in total. The molecule has 0 bridgehead atoms. The molecule has 0 spiro atoms. The van der Waals surface area contributed by atoms with Crippen molar-refractivity contribution >= 4 is 29.0 Å². The van der Waals surface area contributed by atoms with E-state index >= 15 is 0 Å². The Bertz CT molecular complexity index is 950. The first-order valence-electron chi connectivity index (χ1n) is 8.49. The first kappa shape index (κ1) is 18.7. The van der Waals surface area contributed by atoms with Gasteiger partial charge in [-0.15, -0.1) is 11.3 Å². The van der Waals surface area contributed by atoms with E-state index in [4.69, 9.17) is 9.47 Å². The summed E-state index contributed by atoms with van der Waals surface area (Å²) in [5, 5.41) is 3.03. The van der Waals surface area contributed by atoms with Crippen molar-refractivity contribution in [2.24, 2.45) is 0 Å². The van der Waals surface area contributed by atoms with Gasteiger partial charge in [-0.05, 0) is 30.7 Å². The van der Waals surface area contributed by atoms with Crippen molar-refractivity contribution < 1.29 is 19.1 Å². The Morgan fingerprint density at radius 2 is 1.70 bits per heavy atom. The fourth-order valence-corrected chi connectivity index (χ4v) is 3.60. The smallest absolute Gasteiger partial charge is 0.355 e. The quantitative estimate of drug-likeness (QED) is 0.488. The third-order valence-electron chi connectivity index (χ3n) is 3.83. The third-order valence-corrected chi connectivity index (χ3v) is 4.99. The second kappa shape index (κ2) is 8.51. The average Bonchev–Trinajstić information content (AvgIpc) is 3.14. The topological polar surface area (TPSA) is 64.6 Å². The fraction of sp³-hybridized carbons (Fsp3) is 0.143. The number of thiophene rings is 1. The Morgan fingerprint density at radius 1 is 1.00 bits per heavy atom. The third kappa shape index (κ3) is 4.17. The van der Waals surface area contributed by atoms with Crippen LogP contribution in [0.2, 0.25) is 0 Å². The lowest BCUT2D eigenvalue weighted by Gasteiger charge is -2.09. The molecular formula is C21H19NO4S. The standard InChI is InChI=1S/C21H19NO4S/c1-3-25-20(23)15-11-7-8-12-17(15)26-21(24)19-16(22-2)13-18(27-19)14-9-5-4-6-10-14/h4-13,22H,3H2,1-2H3. The van der Waals surface area contributed by atoms with Crippen LogP contribution in [0.3, 0.4) is 0 Å². The van der Waals surface area contributed by atoms with Gasteiger partial charge in [0.15, 0.2) is 0 Å². The molecule has 2 aromatic carbocycles. The minimum Gasteiger partial charge on any atom is -0.462 e. The molecular weight excluding hydrogens is 362 g/mol. The number of rotatable bonds is 6. The molecule has 27 heavy (non-hydrogen) atoms. The maximum atomic E-state index is 12.8. The summed E-state index contributed by atoms with van der Waals surface area (Å²) in [7, 11) is 1.75. The van der Waals surface area contributed by atoms with Crippen molar-refractivity contribution in [2.45, 2.75) is 6.92 Å². The lowest BCUT2D eigenvalue weighted by Crippen LogP contribution is -2.13. The minimum absolute atomic E-state index is 0.178. The summed E-state index contributed by atoms with van der Waals surface area (Å²) in [5.74, 6) is -0.869. The van der Waals surface area contributed by atoms with Crippen molar-refractivity contribution in [1.82, 2.24) is 0 Å². The molecule has 6 heteroatoms. The summed E-state index contributed by atoms with van der Waals surface area (Å²) in [6.07, 6.45) is 0. The van der Waals surface area contributed by atoms with Crippen molar-refractivity contribution in [1.29, 1.82) is 0 Å². The lowest BCUT2D eigenvalue weighted by molar-refractivity contribution is 0.0521. The highest BCUT2D eigenvalue weighted by atomic mass is 32.1. The van der Waals surface area contributed by atoms with Crippen LogP contribution in [0.15, 0.2) is 60.7 Å². The van der Waals surface area contributed by atoms with Gasteiger partial charge in [0.2, 0.25) is 0 Å². The number of hydrogen-bond donors (Lipinski definition) is 1. The molecule has 0 fully saturated rings. The second-order valence-corrected chi connectivity index (χ2v) is 6.63. The number of para-hydroxylation sites is 1. The Kier molecular flexibility index (Phi) is 5.88. The van der Waals surface area contributed by atoms with E-state index in [0.29, 0.717) is 10.6 Å². The van der Waals surface area contributed by atoms with Crippen LogP contribution in [0.25, 0.3) is 10.4 Å². The van der Waals surface area contributed by atoms with E-state index in [1.165, 1.54) is 11.3 Å². The van der Waals surface area contributed by atoms with Gasteiger partial charge < -0.3 is 14.8 Å². The maximum Gasteiger partial charge on any atom is 0.355 e. The summed E-state index contributed by atoms with van der Waals surface area (Å²) < 4.78 is 10.5. The van der Waals surface area contributed by atoms with Crippen LogP contribution in [-0.2, 0) is 4.74 Å². The molecule has 0 saturated heterocycles. The number of carbonyl (C=O) groups excluding carboxylic acids is 2. The van der Waals surface area contributed by atoms with E-state index in [0.717, 1.165) is 10.4 Å². The number of hydrogen-bond acceptors (Lipinski definition) is 6. The number of carbonyl (C=O) groups is 2. The van der Waals surface area contributed by atoms with Crippen LogP contribution < -0.4 is 10.1 Å². The molecule has 1 heterocycles. The van der Waals surface area contributed by atoms with E-state index in [1.54, 1.807) is 38.2 Å². The molecule has 0 aliphatic rings. The molecule has 0 unspecified atom stereocenters. The Labute approximate surface area is 161 Å². The molecule has 0 atom stereocenters. The van der Waals surface area contributed by atoms with Gasteiger partial charge in [0, 0.05) is 11.9 Å². The number of anilines is 1. The molecule has 5 nitrogen and oxygen atoms in total. The van der Waals surface area contributed by atoms with E-state index in [-0.39, 0.29) is 17.9 Å². The molecule has 1 aromatic heterocycles. The first-order valence-corrected chi connectivity index (χ1v) is 9.31. The van der Waals surface area contributed by atoms with E-state index in [1.807, 2.05) is 36.4 Å². The van der Waals surface area contributed by atoms with Gasteiger partial charge in [-0.25, -0.2) is 9.59 Å². The predicted molar refractivity (Wildman–Crippen MR) is 107 cm³/mol. The largest absolute Gasteiger partial charge is 0.462 e. The zero-order valence-corrected chi connectivity index (χ0v) is 15.8. The molecule has 0 amide bonds. The SMILES string of the molecule is CCOC(=O)c1ccccc1OC(=O)c1sc(-c2ccccc2)cc1NC. The summed E-state index contributed by atoms with van der Waals surface area (Å²) in [6.45, 7) is 1.97. The van der Waals surface area contributed by atoms with Crippen LogP contribution in [0, 0.1) is 0 Å². The number of nitrogens with one attached hydrogen (secondary N) is 1. The summed E-state index contributed by atoms with van der Waals surface area (Å²) in [5.41, 5.74) is 1.92. The first-order chi connectivity index (χ1) is 13.1. The van der Waals surface area contributed by atoms with Gasteiger partial charge in [-0.2, -0.15) is 0 Å². The van der Waals surface area contributed by atoms with E-state index < -0.39 is 11.9 Å². The lowest BCUT2D eigenvalue weighted by atomic mass is 10.2. The average molecular weight is 381 g/mol. The van der Waals surface area contributed by atoms with Crippen LogP contribution in [0.4, 0.5) is 5.69 Å². The zero-order valence-electron chi connectivity index (χ0n) is 15.0. The van der Waals surface area contributed by atoms with E-state index in [2.05, 4.69) is 5.32 Å². The summed E-state index contributed by atoms with van der Waals surface area (Å²) in [4.78, 5) is 26.2. The van der Waals surface area contributed by atoms with Crippen molar-refractivity contribution in [3.8, 4) is 16.2 Å². The molecule has 0 aliphatic carbocycles. The molecule has 0 aliphatic heterocycles. The van der Waals surface area contributed by atoms with Crippen LogP contribution >= 0.6 is 11.3 Å². The van der Waals surface area contributed by atoms with Gasteiger partial charge in [0.1, 0.15) is 16.2 Å². The fourth-order valence-electron chi connectivity index (χ4n) is 2.55. The number of esters is 2. The van der Waals surface area contributed by atoms with Gasteiger partial charge in [-0.1, -0.05) is 42.5 Å². The van der Waals surface area contributed by atoms with Crippen molar-refractivity contribution in [2.75, 3.05) is 19.0 Å². The molecule has 0 radical (unpaired) electrons. The number of ether oxygens (including phenoxy) is 2. The van der Waals surface area contributed by atoms with Gasteiger partial charge in [0.25, 0.3) is 0 Å². The highest BCUT2D eigenvalue weighted by molar-refractivity contribution is 7.18. The van der Waals surface area contributed by atoms with Crippen molar-refractivity contribution in [3.63, 3.8) is 0 Å². The normalized spacial score (nSPS) is 10.3. The molecule has 0 saturated carbocycles.